The Morgan fingerprint density at radius 3 is 2.36 bits per heavy atom. The van der Waals surface area contributed by atoms with Crippen LogP contribution in [0.1, 0.15) is 18.4 Å². The number of rotatable bonds is 4. The lowest BCUT2D eigenvalue weighted by Crippen LogP contribution is -1.83. The molecule has 0 N–H and O–H groups in total. The molecule has 0 amide bonds. The Labute approximate surface area is 72.1 Å². The molecule has 1 heteroatoms. The highest BCUT2D eigenvalue weighted by molar-refractivity contribution is 6.08. The average molecular weight is 163 g/mol. The number of aryl methyl sites for hydroxylation is 1. The molecule has 1 radical (unpaired) electrons. The van der Waals surface area contributed by atoms with Crippen LogP contribution in [0.2, 0.25) is 6.04 Å². The van der Waals surface area contributed by atoms with Gasteiger partial charge in [0.15, 0.2) is 0 Å². The van der Waals surface area contributed by atoms with Crippen LogP contribution in [0.3, 0.4) is 0 Å². The van der Waals surface area contributed by atoms with E-state index in [1.807, 2.05) is 0 Å². The second-order valence-electron chi connectivity index (χ2n) is 2.80. The van der Waals surface area contributed by atoms with Gasteiger partial charge in [-0.3, -0.25) is 0 Å². The highest BCUT2D eigenvalue weighted by atomic mass is 28.1. The van der Waals surface area contributed by atoms with E-state index in [2.05, 4.69) is 40.6 Å². The molecule has 1 aromatic rings. The molecule has 0 heterocycles. The van der Waals surface area contributed by atoms with Gasteiger partial charge in [0.05, 0.1) is 0 Å². The predicted molar refractivity (Wildman–Crippen MR) is 52.7 cm³/mol. The predicted octanol–water partition coefficient (Wildman–Crippen LogP) is 2.06. The molecule has 0 bridgehead atoms. The first-order valence-electron chi connectivity index (χ1n) is 4.26. The molecule has 0 aliphatic heterocycles. The van der Waals surface area contributed by atoms with Gasteiger partial charge in [-0.2, -0.15) is 0 Å². The van der Waals surface area contributed by atoms with Crippen molar-refractivity contribution in [2.24, 2.45) is 0 Å². The Balaban J connectivity index is 2.28. The largest absolute Gasteiger partial charge is 0.0652 e. The number of benzene rings is 1. The molecule has 0 atom stereocenters. The summed E-state index contributed by atoms with van der Waals surface area (Å²) in [4.78, 5) is 0. The lowest BCUT2D eigenvalue weighted by atomic mass is 10.1. The second kappa shape index (κ2) is 5.14. The maximum absolute atomic E-state index is 2.21. The van der Waals surface area contributed by atoms with E-state index in [1.54, 1.807) is 0 Å². The Hall–Kier alpha value is -0.563. The van der Waals surface area contributed by atoms with E-state index in [1.165, 1.54) is 30.9 Å². The van der Waals surface area contributed by atoms with Crippen molar-refractivity contribution in [2.75, 3.05) is 0 Å². The monoisotopic (exact) mass is 163 g/mol. The van der Waals surface area contributed by atoms with Crippen molar-refractivity contribution in [3.63, 3.8) is 0 Å². The summed E-state index contributed by atoms with van der Waals surface area (Å²) in [6.07, 6.45) is 3.96. The van der Waals surface area contributed by atoms with Crippen molar-refractivity contribution in [3.05, 3.63) is 35.9 Å². The molecule has 1 rings (SSSR count). The van der Waals surface area contributed by atoms with E-state index in [9.17, 15) is 0 Å². The summed E-state index contributed by atoms with van der Waals surface area (Å²) >= 11 is 0. The topological polar surface area (TPSA) is 0 Å². The summed E-state index contributed by atoms with van der Waals surface area (Å²) in [7, 11) is 2.07. The maximum atomic E-state index is 2.21. The first-order chi connectivity index (χ1) is 5.43. The minimum atomic E-state index is 1.25. The minimum Gasteiger partial charge on any atom is -0.0652 e. The van der Waals surface area contributed by atoms with Gasteiger partial charge in [0.2, 0.25) is 0 Å². The first kappa shape index (κ1) is 8.53. The zero-order chi connectivity index (χ0) is 7.94. The number of hydrogen-bond donors (Lipinski definition) is 0. The summed E-state index contributed by atoms with van der Waals surface area (Å²) < 4.78 is 0. The fourth-order valence-electron chi connectivity index (χ4n) is 1.15. The van der Waals surface area contributed by atoms with E-state index in [-0.39, 0.29) is 0 Å². The van der Waals surface area contributed by atoms with Crippen LogP contribution in [0.4, 0.5) is 0 Å². The van der Waals surface area contributed by atoms with Gasteiger partial charge in [0.25, 0.3) is 0 Å². The van der Waals surface area contributed by atoms with Crippen LogP contribution >= 0.6 is 0 Å². The fraction of sp³-hybridized carbons (Fsp3) is 0.400. The molecular formula is C10H15Si. The molecule has 1 aromatic carbocycles. The van der Waals surface area contributed by atoms with E-state index >= 15 is 0 Å². The zero-order valence-corrected chi connectivity index (χ0v) is 8.34. The molecule has 59 valence electrons. The summed E-state index contributed by atoms with van der Waals surface area (Å²) in [5, 5.41) is 0. The highest BCUT2D eigenvalue weighted by Crippen LogP contribution is 2.04. The smallest absolute Gasteiger partial charge is 0.00797 e. The molecule has 0 nitrogen and oxygen atoms in total. The molecule has 0 saturated carbocycles. The van der Waals surface area contributed by atoms with Crippen LogP contribution in [0.5, 0.6) is 0 Å². The fourth-order valence-corrected chi connectivity index (χ4v) is 1.50. The van der Waals surface area contributed by atoms with Gasteiger partial charge in [-0.05, 0) is 18.4 Å². The SMILES string of the molecule is [SiH2]CCCCc1ccccc1. The van der Waals surface area contributed by atoms with Crippen LogP contribution in [-0.4, -0.2) is 10.2 Å². The quantitative estimate of drug-likeness (QED) is 0.471. The van der Waals surface area contributed by atoms with E-state index in [0.29, 0.717) is 0 Å². The zero-order valence-electron chi connectivity index (χ0n) is 6.92. The van der Waals surface area contributed by atoms with Crippen LogP contribution in [0.15, 0.2) is 30.3 Å². The minimum absolute atomic E-state index is 1.25. The number of unbranched alkanes of at least 4 members (excludes halogenated alkanes) is 1. The van der Waals surface area contributed by atoms with Crippen molar-refractivity contribution in [1.29, 1.82) is 0 Å². The van der Waals surface area contributed by atoms with E-state index in [4.69, 9.17) is 0 Å². The molecular weight excluding hydrogens is 148 g/mol. The third-order valence-electron chi connectivity index (χ3n) is 1.81. The molecule has 0 aliphatic carbocycles. The van der Waals surface area contributed by atoms with Crippen LogP contribution in [0, 0.1) is 0 Å². The Morgan fingerprint density at radius 2 is 1.73 bits per heavy atom. The second-order valence-corrected chi connectivity index (χ2v) is 3.50. The Morgan fingerprint density at radius 1 is 1.00 bits per heavy atom. The molecule has 0 fully saturated rings. The Kier molecular flexibility index (Phi) is 3.98. The van der Waals surface area contributed by atoms with Crippen molar-refractivity contribution in [1.82, 2.24) is 0 Å². The molecule has 0 aromatic heterocycles. The van der Waals surface area contributed by atoms with Gasteiger partial charge in [0.1, 0.15) is 0 Å². The molecule has 0 aliphatic rings. The summed E-state index contributed by atoms with van der Waals surface area (Å²) in [5.41, 5.74) is 1.48. The number of hydrogen-bond acceptors (Lipinski definition) is 0. The standard InChI is InChI=1S/C10H15Si/c11-9-5-4-8-10-6-2-1-3-7-10/h1-3,6-7H,4-5,8-9,11H2. The third-order valence-corrected chi connectivity index (χ3v) is 2.31. The van der Waals surface area contributed by atoms with Crippen molar-refractivity contribution < 1.29 is 0 Å². The lowest BCUT2D eigenvalue weighted by molar-refractivity contribution is 0.794. The van der Waals surface area contributed by atoms with Crippen molar-refractivity contribution in [3.8, 4) is 0 Å². The summed E-state index contributed by atoms with van der Waals surface area (Å²) in [6.45, 7) is 0. The lowest BCUT2D eigenvalue weighted by Gasteiger charge is -1.98. The van der Waals surface area contributed by atoms with E-state index < -0.39 is 0 Å². The van der Waals surface area contributed by atoms with E-state index in [0.717, 1.165) is 0 Å². The van der Waals surface area contributed by atoms with Crippen molar-refractivity contribution >= 4 is 10.2 Å². The summed E-state index contributed by atoms with van der Waals surface area (Å²) in [6, 6.07) is 12.1. The van der Waals surface area contributed by atoms with Gasteiger partial charge in [0, 0.05) is 10.2 Å². The highest BCUT2D eigenvalue weighted by Gasteiger charge is 1.89. The van der Waals surface area contributed by atoms with Crippen molar-refractivity contribution in [2.45, 2.75) is 25.3 Å². The first-order valence-corrected chi connectivity index (χ1v) is 5.26. The van der Waals surface area contributed by atoms with Gasteiger partial charge < -0.3 is 0 Å². The van der Waals surface area contributed by atoms with Gasteiger partial charge >= 0.3 is 0 Å². The summed E-state index contributed by atoms with van der Waals surface area (Å²) in [5.74, 6) is 0. The molecule has 0 spiro atoms. The molecule has 11 heavy (non-hydrogen) atoms. The van der Waals surface area contributed by atoms with Crippen LogP contribution in [-0.2, 0) is 6.42 Å². The van der Waals surface area contributed by atoms with Gasteiger partial charge in [-0.15, -0.1) is 0 Å². The molecule has 0 unspecified atom stereocenters. The van der Waals surface area contributed by atoms with Crippen LogP contribution in [0.25, 0.3) is 0 Å². The molecule has 0 saturated heterocycles. The van der Waals surface area contributed by atoms with Gasteiger partial charge in [-0.25, -0.2) is 0 Å². The average Bonchev–Trinajstić information content (AvgIpc) is 2.07. The maximum Gasteiger partial charge on any atom is 0.00797 e. The van der Waals surface area contributed by atoms with Crippen LogP contribution < -0.4 is 0 Å². The Bertz CT molecular complexity index is 181. The third kappa shape index (κ3) is 3.37. The normalized spacial score (nSPS) is 9.91. The van der Waals surface area contributed by atoms with Gasteiger partial charge in [-0.1, -0.05) is 42.8 Å².